The molecular weight excluding hydrogens is 374 g/mol. The fourth-order valence-electron chi connectivity index (χ4n) is 3.06. The van der Waals surface area contributed by atoms with Crippen molar-refractivity contribution in [2.75, 3.05) is 29.8 Å². The molecule has 1 saturated heterocycles. The van der Waals surface area contributed by atoms with Gasteiger partial charge in [-0.05, 0) is 49.1 Å². The first-order valence-electron chi connectivity index (χ1n) is 8.46. The number of benzene rings is 1. The first-order valence-corrected chi connectivity index (χ1v) is 10.3. The summed E-state index contributed by atoms with van der Waals surface area (Å²) in [5, 5.41) is 0.239. The van der Waals surface area contributed by atoms with Gasteiger partial charge in [0.05, 0.1) is 28.9 Å². The molecule has 1 N–H and O–H groups in total. The Hall–Kier alpha value is -1.99. The Labute approximate surface area is 159 Å². The normalized spacial score (nSPS) is 17.8. The number of nitrogens with zero attached hydrogens (tertiary/aromatic N) is 2. The molecule has 2 aromatic rings. The Morgan fingerprint density at radius 2 is 2.12 bits per heavy atom. The standard InChI is InChI=1S/C18H22ClN3O3S/c1-13-4-3-9-22(12-13)18-8-5-14(11-20-18)21-26(23,24)15-6-7-17(25-2)16(19)10-15/h5-8,10-11,13,21H,3-4,9,12H2,1-2H3. The summed E-state index contributed by atoms with van der Waals surface area (Å²) in [4.78, 5) is 6.71. The van der Waals surface area contributed by atoms with Crippen molar-refractivity contribution in [2.45, 2.75) is 24.7 Å². The Balaban J connectivity index is 1.74. The summed E-state index contributed by atoms with van der Waals surface area (Å²) < 4.78 is 32.6. The van der Waals surface area contributed by atoms with E-state index in [0.717, 1.165) is 25.3 Å². The number of hydrogen-bond acceptors (Lipinski definition) is 5. The van der Waals surface area contributed by atoms with Gasteiger partial charge >= 0.3 is 0 Å². The maximum absolute atomic E-state index is 12.5. The van der Waals surface area contributed by atoms with Gasteiger partial charge in [0.2, 0.25) is 0 Å². The predicted molar refractivity (Wildman–Crippen MR) is 104 cm³/mol. The molecule has 0 saturated carbocycles. The number of rotatable bonds is 5. The lowest BCUT2D eigenvalue weighted by Gasteiger charge is -2.31. The van der Waals surface area contributed by atoms with Crippen molar-refractivity contribution in [1.29, 1.82) is 0 Å². The zero-order valence-electron chi connectivity index (χ0n) is 14.8. The van der Waals surface area contributed by atoms with Crippen LogP contribution >= 0.6 is 11.6 Å². The van der Waals surface area contributed by atoms with Gasteiger partial charge in [-0.15, -0.1) is 0 Å². The minimum atomic E-state index is -3.75. The van der Waals surface area contributed by atoms with Gasteiger partial charge in [0.15, 0.2) is 0 Å². The molecule has 1 atom stereocenters. The summed E-state index contributed by atoms with van der Waals surface area (Å²) in [5.74, 6) is 1.93. The Kier molecular flexibility index (Phi) is 5.58. The number of ether oxygens (including phenoxy) is 1. The molecule has 1 unspecified atom stereocenters. The molecule has 1 aliphatic rings. The zero-order valence-corrected chi connectivity index (χ0v) is 16.3. The van der Waals surface area contributed by atoms with Crippen LogP contribution in [-0.2, 0) is 10.0 Å². The van der Waals surface area contributed by atoms with Crippen LogP contribution < -0.4 is 14.4 Å². The summed E-state index contributed by atoms with van der Waals surface area (Å²) in [6.07, 6.45) is 3.92. The van der Waals surface area contributed by atoms with E-state index >= 15 is 0 Å². The van der Waals surface area contributed by atoms with Gasteiger partial charge in [-0.3, -0.25) is 4.72 Å². The predicted octanol–water partition coefficient (Wildman–Crippen LogP) is 3.78. The minimum Gasteiger partial charge on any atom is -0.495 e. The van der Waals surface area contributed by atoms with E-state index in [1.165, 1.54) is 37.9 Å². The van der Waals surface area contributed by atoms with Crippen molar-refractivity contribution in [2.24, 2.45) is 5.92 Å². The molecule has 1 aromatic heterocycles. The summed E-state index contributed by atoms with van der Waals surface area (Å²) in [6, 6.07) is 7.90. The van der Waals surface area contributed by atoms with Crippen LogP contribution in [0.15, 0.2) is 41.4 Å². The highest BCUT2D eigenvalue weighted by molar-refractivity contribution is 7.92. The molecule has 140 valence electrons. The SMILES string of the molecule is COc1ccc(S(=O)(=O)Nc2ccc(N3CCCC(C)C3)nc2)cc1Cl. The molecule has 0 amide bonds. The maximum Gasteiger partial charge on any atom is 0.261 e. The topological polar surface area (TPSA) is 71.5 Å². The largest absolute Gasteiger partial charge is 0.495 e. The second kappa shape index (κ2) is 7.72. The van der Waals surface area contributed by atoms with Crippen LogP contribution in [0.3, 0.4) is 0 Å². The fourth-order valence-corrected chi connectivity index (χ4v) is 4.45. The molecule has 1 fully saturated rings. The van der Waals surface area contributed by atoms with Gasteiger partial charge in [0, 0.05) is 13.1 Å². The Bertz CT molecular complexity index is 872. The lowest BCUT2D eigenvalue weighted by Crippen LogP contribution is -2.34. The summed E-state index contributed by atoms with van der Waals surface area (Å²) in [5.41, 5.74) is 0.408. The van der Waals surface area contributed by atoms with Crippen molar-refractivity contribution in [3.05, 3.63) is 41.6 Å². The van der Waals surface area contributed by atoms with E-state index in [1.807, 2.05) is 6.07 Å². The van der Waals surface area contributed by atoms with E-state index in [1.54, 1.807) is 6.07 Å². The second-order valence-corrected chi connectivity index (χ2v) is 8.59. The van der Waals surface area contributed by atoms with Crippen LogP contribution in [-0.4, -0.2) is 33.6 Å². The van der Waals surface area contributed by atoms with Gasteiger partial charge in [0.25, 0.3) is 10.0 Å². The number of methoxy groups -OCH3 is 1. The number of sulfonamides is 1. The Morgan fingerprint density at radius 1 is 1.31 bits per heavy atom. The second-order valence-electron chi connectivity index (χ2n) is 6.50. The first-order chi connectivity index (χ1) is 12.4. The van der Waals surface area contributed by atoms with Crippen molar-refractivity contribution >= 4 is 33.1 Å². The highest BCUT2D eigenvalue weighted by Crippen LogP contribution is 2.28. The maximum atomic E-state index is 12.5. The average molecular weight is 396 g/mol. The first kappa shape index (κ1) is 18.8. The molecular formula is C18H22ClN3O3S. The molecule has 0 spiro atoms. The van der Waals surface area contributed by atoms with E-state index in [-0.39, 0.29) is 9.92 Å². The lowest BCUT2D eigenvalue weighted by molar-refractivity contribution is 0.414. The van der Waals surface area contributed by atoms with Crippen LogP contribution in [0.2, 0.25) is 5.02 Å². The molecule has 0 bridgehead atoms. The molecule has 3 rings (SSSR count). The number of anilines is 2. The molecule has 1 aromatic carbocycles. The molecule has 8 heteroatoms. The van der Waals surface area contributed by atoms with Gasteiger partial charge in [0.1, 0.15) is 11.6 Å². The number of aromatic nitrogens is 1. The Morgan fingerprint density at radius 3 is 2.73 bits per heavy atom. The number of piperidine rings is 1. The molecule has 0 radical (unpaired) electrons. The lowest BCUT2D eigenvalue weighted by atomic mass is 10.0. The number of halogens is 1. The van der Waals surface area contributed by atoms with Gasteiger partial charge in [-0.1, -0.05) is 18.5 Å². The van der Waals surface area contributed by atoms with Crippen LogP contribution in [0.5, 0.6) is 5.75 Å². The van der Waals surface area contributed by atoms with E-state index in [9.17, 15) is 8.42 Å². The van der Waals surface area contributed by atoms with Crippen molar-refractivity contribution in [3.63, 3.8) is 0 Å². The van der Waals surface area contributed by atoms with E-state index in [2.05, 4.69) is 21.5 Å². The van der Waals surface area contributed by atoms with Crippen molar-refractivity contribution in [3.8, 4) is 5.75 Å². The average Bonchev–Trinajstić information content (AvgIpc) is 2.62. The van der Waals surface area contributed by atoms with Crippen LogP contribution in [0.4, 0.5) is 11.5 Å². The van der Waals surface area contributed by atoms with Crippen molar-refractivity contribution < 1.29 is 13.2 Å². The van der Waals surface area contributed by atoms with E-state index < -0.39 is 10.0 Å². The van der Waals surface area contributed by atoms with E-state index in [0.29, 0.717) is 17.4 Å². The fraction of sp³-hybridized carbons (Fsp3) is 0.389. The molecule has 2 heterocycles. The number of nitrogens with one attached hydrogen (secondary N) is 1. The van der Waals surface area contributed by atoms with Gasteiger partial charge in [-0.2, -0.15) is 0 Å². The number of hydrogen-bond donors (Lipinski definition) is 1. The van der Waals surface area contributed by atoms with Crippen LogP contribution in [0.1, 0.15) is 19.8 Å². The smallest absolute Gasteiger partial charge is 0.261 e. The highest BCUT2D eigenvalue weighted by Gasteiger charge is 2.19. The molecule has 26 heavy (non-hydrogen) atoms. The molecule has 0 aliphatic carbocycles. The van der Waals surface area contributed by atoms with Crippen LogP contribution in [0, 0.1) is 5.92 Å². The van der Waals surface area contributed by atoms with Crippen molar-refractivity contribution in [1.82, 2.24) is 4.98 Å². The minimum absolute atomic E-state index is 0.0669. The zero-order chi connectivity index (χ0) is 18.7. The quantitative estimate of drug-likeness (QED) is 0.834. The summed E-state index contributed by atoms with van der Waals surface area (Å²) in [7, 11) is -2.27. The van der Waals surface area contributed by atoms with Gasteiger partial charge < -0.3 is 9.64 Å². The molecule has 1 aliphatic heterocycles. The summed E-state index contributed by atoms with van der Waals surface area (Å²) in [6.45, 7) is 4.18. The van der Waals surface area contributed by atoms with Crippen LogP contribution in [0.25, 0.3) is 0 Å². The van der Waals surface area contributed by atoms with Gasteiger partial charge in [-0.25, -0.2) is 13.4 Å². The third-order valence-electron chi connectivity index (χ3n) is 4.41. The molecule has 6 nitrogen and oxygen atoms in total. The van der Waals surface area contributed by atoms with E-state index in [4.69, 9.17) is 16.3 Å². The monoisotopic (exact) mass is 395 g/mol. The number of pyridine rings is 1. The summed E-state index contributed by atoms with van der Waals surface area (Å²) >= 11 is 6.02. The third kappa shape index (κ3) is 4.22. The third-order valence-corrected chi connectivity index (χ3v) is 6.09. The highest BCUT2D eigenvalue weighted by atomic mass is 35.5.